The van der Waals surface area contributed by atoms with Crippen molar-refractivity contribution < 1.29 is 5.21 Å². The van der Waals surface area contributed by atoms with E-state index in [1.165, 1.54) is 25.7 Å². The largest absolute Gasteiger partial charge is 0.409 e. The average Bonchev–Trinajstić information content (AvgIpc) is 3.09. The first kappa shape index (κ1) is 13.2. The Morgan fingerprint density at radius 2 is 2.30 bits per heavy atom. The molecule has 2 aliphatic rings. The van der Waals surface area contributed by atoms with Crippen molar-refractivity contribution in [1.29, 1.82) is 0 Å². The number of rotatable bonds is 4. The van der Waals surface area contributed by atoms with E-state index in [1.807, 2.05) is 12.1 Å². The van der Waals surface area contributed by atoms with Gasteiger partial charge in [-0.25, -0.2) is 4.98 Å². The van der Waals surface area contributed by atoms with Crippen molar-refractivity contribution in [3.63, 3.8) is 0 Å². The normalized spacial score (nSPS) is 28.9. The highest BCUT2D eigenvalue weighted by Gasteiger charge is 2.39. The van der Waals surface area contributed by atoms with Gasteiger partial charge in [-0.2, -0.15) is 0 Å². The first-order valence-corrected chi connectivity index (χ1v) is 7.33. The van der Waals surface area contributed by atoms with Crippen LogP contribution in [0.25, 0.3) is 0 Å². The number of nitrogens with two attached hydrogens (primary N) is 1. The van der Waals surface area contributed by atoms with E-state index in [2.05, 4.69) is 22.1 Å². The Morgan fingerprint density at radius 1 is 1.45 bits per heavy atom. The summed E-state index contributed by atoms with van der Waals surface area (Å²) in [6.45, 7) is 1.05. The molecular formula is C15H22N4O. The topological polar surface area (TPSA) is 74.7 Å². The van der Waals surface area contributed by atoms with E-state index < -0.39 is 0 Å². The fourth-order valence-electron chi connectivity index (χ4n) is 3.88. The van der Waals surface area contributed by atoms with Crippen LogP contribution in [0.1, 0.15) is 31.4 Å². The van der Waals surface area contributed by atoms with Gasteiger partial charge in [0.1, 0.15) is 11.5 Å². The average molecular weight is 274 g/mol. The number of hydrogen-bond donors (Lipinski definition) is 2. The first-order valence-electron chi connectivity index (χ1n) is 7.33. The molecule has 3 rings (SSSR count). The fraction of sp³-hybridized carbons (Fsp3) is 0.600. The summed E-state index contributed by atoms with van der Waals surface area (Å²) in [6, 6.07) is 5.62. The Hall–Kier alpha value is -1.78. The van der Waals surface area contributed by atoms with Crippen molar-refractivity contribution in [2.75, 3.05) is 18.5 Å². The molecule has 108 valence electrons. The van der Waals surface area contributed by atoms with Gasteiger partial charge in [-0.3, -0.25) is 0 Å². The van der Waals surface area contributed by atoms with Crippen LogP contribution in [0.2, 0.25) is 0 Å². The molecule has 5 heteroatoms. The maximum atomic E-state index is 8.73. The van der Waals surface area contributed by atoms with Crippen LogP contribution in [0, 0.1) is 17.8 Å². The van der Waals surface area contributed by atoms with E-state index in [4.69, 9.17) is 10.9 Å². The van der Waals surface area contributed by atoms with E-state index in [0.717, 1.165) is 30.1 Å². The smallest absolute Gasteiger partial charge is 0.188 e. The predicted molar refractivity (Wildman–Crippen MR) is 79.0 cm³/mol. The molecule has 2 saturated carbocycles. The van der Waals surface area contributed by atoms with E-state index in [-0.39, 0.29) is 5.84 Å². The Balaban J connectivity index is 1.69. The monoisotopic (exact) mass is 274 g/mol. The van der Waals surface area contributed by atoms with Crippen molar-refractivity contribution in [2.45, 2.75) is 25.7 Å². The van der Waals surface area contributed by atoms with Crippen LogP contribution in [0.15, 0.2) is 23.4 Å². The molecule has 20 heavy (non-hydrogen) atoms. The molecule has 0 saturated heterocycles. The van der Waals surface area contributed by atoms with Crippen molar-refractivity contribution in [1.82, 2.24) is 4.98 Å². The molecule has 1 aromatic heterocycles. The molecule has 0 aliphatic heterocycles. The summed E-state index contributed by atoms with van der Waals surface area (Å²) >= 11 is 0. The fourth-order valence-corrected chi connectivity index (χ4v) is 3.88. The summed E-state index contributed by atoms with van der Waals surface area (Å²) < 4.78 is 0. The van der Waals surface area contributed by atoms with E-state index >= 15 is 0 Å². The van der Waals surface area contributed by atoms with Crippen molar-refractivity contribution in [2.24, 2.45) is 28.6 Å². The second kappa shape index (κ2) is 5.31. The number of anilines is 1. The second-order valence-corrected chi connectivity index (χ2v) is 6.18. The van der Waals surface area contributed by atoms with Gasteiger partial charge in [0.05, 0.1) is 0 Å². The lowest BCUT2D eigenvalue weighted by Gasteiger charge is -2.28. The minimum Gasteiger partial charge on any atom is -0.409 e. The van der Waals surface area contributed by atoms with Crippen LogP contribution in [0.4, 0.5) is 5.82 Å². The predicted octanol–water partition coefficient (Wildman–Crippen LogP) is 2.05. The Kier molecular flexibility index (Phi) is 3.51. The standard InChI is InChI=1S/C15H22N4O/c1-19(9-12-8-10-5-6-11(12)7-10)14-4-2-3-13(17-14)15(16)18-20/h2-4,10-12,20H,5-9H2,1H3,(H2,16,18). The first-order chi connectivity index (χ1) is 9.67. The van der Waals surface area contributed by atoms with Crippen LogP contribution in [-0.2, 0) is 0 Å². The molecule has 0 radical (unpaired) electrons. The van der Waals surface area contributed by atoms with Crippen molar-refractivity contribution in [3.05, 3.63) is 23.9 Å². The third-order valence-corrected chi connectivity index (χ3v) is 4.89. The van der Waals surface area contributed by atoms with Gasteiger partial charge in [-0.1, -0.05) is 17.6 Å². The molecule has 1 aromatic rings. The third kappa shape index (κ3) is 2.44. The third-order valence-electron chi connectivity index (χ3n) is 4.89. The van der Waals surface area contributed by atoms with Crippen LogP contribution in [0.3, 0.4) is 0 Å². The lowest BCUT2D eigenvalue weighted by Crippen LogP contribution is -2.29. The number of aromatic nitrogens is 1. The molecule has 0 amide bonds. The van der Waals surface area contributed by atoms with Gasteiger partial charge < -0.3 is 15.8 Å². The van der Waals surface area contributed by atoms with E-state index in [1.54, 1.807) is 6.07 Å². The number of pyridine rings is 1. The van der Waals surface area contributed by atoms with Crippen LogP contribution in [-0.4, -0.2) is 29.6 Å². The number of amidine groups is 1. The maximum absolute atomic E-state index is 8.73. The lowest BCUT2D eigenvalue weighted by molar-refractivity contribution is 0.318. The quantitative estimate of drug-likeness (QED) is 0.381. The van der Waals surface area contributed by atoms with Gasteiger partial charge in [0.15, 0.2) is 5.84 Å². The van der Waals surface area contributed by atoms with Gasteiger partial charge in [0, 0.05) is 13.6 Å². The van der Waals surface area contributed by atoms with Gasteiger partial charge in [-0.15, -0.1) is 0 Å². The number of fused-ring (bicyclic) bond motifs is 2. The Bertz CT molecular complexity index is 516. The van der Waals surface area contributed by atoms with Crippen LogP contribution >= 0.6 is 0 Å². The zero-order valence-corrected chi connectivity index (χ0v) is 11.9. The molecule has 5 nitrogen and oxygen atoms in total. The van der Waals surface area contributed by atoms with Gasteiger partial charge in [0.2, 0.25) is 0 Å². The zero-order valence-electron chi connectivity index (χ0n) is 11.9. The highest BCUT2D eigenvalue weighted by molar-refractivity contribution is 5.95. The van der Waals surface area contributed by atoms with Gasteiger partial charge in [0.25, 0.3) is 0 Å². The Labute approximate surface area is 119 Å². The zero-order chi connectivity index (χ0) is 14.1. The van der Waals surface area contributed by atoms with Crippen LogP contribution in [0.5, 0.6) is 0 Å². The highest BCUT2D eigenvalue weighted by atomic mass is 16.4. The molecule has 2 fully saturated rings. The maximum Gasteiger partial charge on any atom is 0.188 e. The molecule has 3 unspecified atom stereocenters. The number of hydrogen-bond acceptors (Lipinski definition) is 4. The van der Waals surface area contributed by atoms with Crippen molar-refractivity contribution in [3.8, 4) is 0 Å². The summed E-state index contributed by atoms with van der Waals surface area (Å²) in [6.07, 6.45) is 5.63. The summed E-state index contributed by atoms with van der Waals surface area (Å²) in [7, 11) is 2.07. The molecule has 0 spiro atoms. The van der Waals surface area contributed by atoms with Crippen LogP contribution < -0.4 is 10.6 Å². The highest BCUT2D eigenvalue weighted by Crippen LogP contribution is 2.48. The molecule has 0 aromatic carbocycles. The number of oxime groups is 1. The van der Waals surface area contributed by atoms with E-state index in [0.29, 0.717) is 5.69 Å². The van der Waals surface area contributed by atoms with E-state index in [9.17, 15) is 0 Å². The SMILES string of the molecule is CN(CC1CC2CCC1C2)c1cccc(C(N)=NO)n1. The molecule has 2 aliphatic carbocycles. The van der Waals surface area contributed by atoms with Crippen molar-refractivity contribution >= 4 is 11.7 Å². The second-order valence-electron chi connectivity index (χ2n) is 6.18. The van der Waals surface area contributed by atoms with Gasteiger partial charge in [-0.05, 0) is 49.1 Å². The summed E-state index contributed by atoms with van der Waals surface area (Å²) in [5, 5.41) is 11.7. The van der Waals surface area contributed by atoms with Gasteiger partial charge >= 0.3 is 0 Å². The minimum atomic E-state index is 0.0557. The Morgan fingerprint density at radius 3 is 2.95 bits per heavy atom. The molecule has 3 atom stereocenters. The number of nitrogens with zero attached hydrogens (tertiary/aromatic N) is 3. The molecule has 3 N–H and O–H groups in total. The molecule has 2 bridgehead atoms. The molecule has 1 heterocycles. The summed E-state index contributed by atoms with van der Waals surface area (Å²) in [5.41, 5.74) is 6.11. The minimum absolute atomic E-state index is 0.0557. The molecular weight excluding hydrogens is 252 g/mol. The lowest BCUT2D eigenvalue weighted by atomic mass is 9.88. The summed E-state index contributed by atoms with van der Waals surface area (Å²) in [4.78, 5) is 6.65. The summed E-state index contributed by atoms with van der Waals surface area (Å²) in [5.74, 6) is 3.62.